The van der Waals surface area contributed by atoms with Crippen LogP contribution in [0.4, 0.5) is 9.18 Å². The van der Waals surface area contributed by atoms with Gasteiger partial charge in [0.1, 0.15) is 52.0 Å². The highest BCUT2D eigenvalue weighted by atomic mass is 32.2. The lowest BCUT2D eigenvalue weighted by molar-refractivity contribution is -0.141. The van der Waals surface area contributed by atoms with Gasteiger partial charge >= 0.3 is 6.09 Å². The summed E-state index contributed by atoms with van der Waals surface area (Å²) in [5.41, 5.74) is -0.900. The first kappa shape index (κ1) is 40.3. The zero-order valence-electron chi connectivity index (χ0n) is 33.3. The van der Waals surface area contributed by atoms with Gasteiger partial charge in [0.25, 0.3) is 5.91 Å². The van der Waals surface area contributed by atoms with E-state index in [4.69, 9.17) is 23.6 Å². The Hall–Kier alpha value is -5.45. The van der Waals surface area contributed by atoms with Gasteiger partial charge < -0.3 is 34.2 Å². The predicted molar refractivity (Wildman–Crippen MR) is 215 cm³/mol. The molecule has 2 aliphatic heterocycles. The van der Waals surface area contributed by atoms with Crippen molar-refractivity contribution in [3.05, 3.63) is 54.4 Å². The van der Waals surface area contributed by atoms with Crippen LogP contribution >= 0.6 is 0 Å². The molecule has 314 valence electrons. The molecule has 3 N–H and O–H groups in total. The largest absolute Gasteiger partial charge is 0.497 e. The van der Waals surface area contributed by atoms with Crippen LogP contribution in [0.3, 0.4) is 0 Å². The number of hydrogen-bond donors (Lipinski definition) is 3. The topological polar surface area (TPSA) is 195 Å². The first-order valence-electron chi connectivity index (χ1n) is 20.1. The number of sulfonamides is 1. The van der Waals surface area contributed by atoms with Crippen LogP contribution in [0, 0.1) is 11.7 Å². The van der Waals surface area contributed by atoms with Gasteiger partial charge in [-0.1, -0.05) is 25.0 Å². The third-order valence-electron chi connectivity index (χ3n) is 11.3. The van der Waals surface area contributed by atoms with E-state index >= 15 is 0 Å². The molecule has 5 atom stereocenters. The fourth-order valence-corrected chi connectivity index (χ4v) is 9.43. The first-order valence-corrected chi connectivity index (χ1v) is 21.6. The lowest BCUT2D eigenvalue weighted by atomic mass is 10.0. The molecule has 0 radical (unpaired) electrons. The summed E-state index contributed by atoms with van der Waals surface area (Å²) in [6, 6.07) is 7.02. The monoisotopic (exact) mass is 833 g/mol. The van der Waals surface area contributed by atoms with Gasteiger partial charge in [0.15, 0.2) is 11.3 Å². The van der Waals surface area contributed by atoms with Gasteiger partial charge in [-0.3, -0.25) is 19.1 Å². The normalized spacial score (nSPS) is 25.9. The molecule has 2 aliphatic carbocycles. The van der Waals surface area contributed by atoms with Crippen LogP contribution in [0.5, 0.6) is 11.5 Å². The van der Waals surface area contributed by atoms with Crippen molar-refractivity contribution in [3.63, 3.8) is 0 Å². The molecule has 1 saturated heterocycles. The van der Waals surface area contributed by atoms with Crippen molar-refractivity contribution in [2.75, 3.05) is 13.7 Å². The minimum Gasteiger partial charge on any atom is -0.497 e. The van der Waals surface area contributed by atoms with Crippen molar-refractivity contribution >= 4 is 66.8 Å². The van der Waals surface area contributed by atoms with E-state index in [9.17, 15) is 32.0 Å². The maximum absolute atomic E-state index is 14.9. The van der Waals surface area contributed by atoms with Crippen LogP contribution in [-0.2, 0) is 29.1 Å². The number of ether oxygens (including phenoxy) is 3. The van der Waals surface area contributed by atoms with Crippen LogP contribution in [0.25, 0.3) is 33.0 Å². The number of rotatable bonds is 7. The number of carbonyl (C=O) groups excluding carboxylic acids is 4. The smallest absolute Gasteiger partial charge is 0.408 e. The maximum atomic E-state index is 14.9. The molecule has 0 bridgehead atoms. The number of benzene rings is 2. The Morgan fingerprint density at radius 3 is 2.59 bits per heavy atom. The molecule has 3 fully saturated rings. The number of carbonyl (C=O) groups is 4. The average Bonchev–Trinajstić information content (AvgIpc) is 4.07. The second-order valence-corrected chi connectivity index (χ2v) is 18.9. The second kappa shape index (κ2) is 15.3. The number of pyridine rings is 1. The molecule has 2 aromatic carbocycles. The molecule has 4 amide bonds. The molecule has 2 saturated carbocycles. The summed E-state index contributed by atoms with van der Waals surface area (Å²) in [5, 5.41) is 5.88. The van der Waals surface area contributed by atoms with Gasteiger partial charge in [0, 0.05) is 29.2 Å². The zero-order valence-corrected chi connectivity index (χ0v) is 34.2. The van der Waals surface area contributed by atoms with Crippen molar-refractivity contribution < 1.29 is 50.6 Å². The summed E-state index contributed by atoms with van der Waals surface area (Å²) in [4.78, 5) is 62.3. The molecule has 0 unspecified atom stereocenters. The Morgan fingerprint density at radius 2 is 1.85 bits per heavy atom. The van der Waals surface area contributed by atoms with Gasteiger partial charge in [-0.25, -0.2) is 22.6 Å². The van der Waals surface area contributed by atoms with Crippen LogP contribution < -0.4 is 24.8 Å². The van der Waals surface area contributed by atoms with Crippen LogP contribution in [0.1, 0.15) is 78.6 Å². The Balaban J connectivity index is 1.17. The summed E-state index contributed by atoms with van der Waals surface area (Å²) in [7, 11) is -2.42. The molecule has 17 heteroatoms. The van der Waals surface area contributed by atoms with Crippen LogP contribution in [0.2, 0.25) is 0 Å². The Morgan fingerprint density at radius 1 is 1.05 bits per heavy atom. The molecule has 4 heterocycles. The van der Waals surface area contributed by atoms with Crippen LogP contribution in [-0.4, -0.2) is 90.3 Å². The minimum atomic E-state index is -3.94. The molecule has 4 aromatic rings. The molecule has 8 rings (SSSR count). The van der Waals surface area contributed by atoms with E-state index in [0.29, 0.717) is 58.8 Å². The highest BCUT2D eigenvalue weighted by Gasteiger charge is 2.62. The number of allylic oxidation sites excluding steroid dienone is 1. The first-order chi connectivity index (χ1) is 28.0. The molecule has 15 nitrogen and oxygen atoms in total. The number of amides is 4. The number of furan rings is 1. The van der Waals surface area contributed by atoms with Crippen molar-refractivity contribution in [3.8, 4) is 11.5 Å². The Kier molecular flexibility index (Phi) is 10.5. The van der Waals surface area contributed by atoms with Gasteiger partial charge in [-0.2, -0.15) is 0 Å². The number of methoxy groups -OCH3 is 1. The van der Waals surface area contributed by atoms with E-state index in [2.05, 4.69) is 15.4 Å². The second-order valence-electron chi connectivity index (χ2n) is 16.9. The third-order valence-corrected chi connectivity index (χ3v) is 13.2. The quantitative estimate of drug-likeness (QED) is 0.198. The summed E-state index contributed by atoms with van der Waals surface area (Å²) in [6.45, 7) is 4.98. The number of aromatic nitrogens is 1. The molecular weight excluding hydrogens is 786 g/mol. The lowest BCUT2D eigenvalue weighted by Gasteiger charge is -2.30. The third kappa shape index (κ3) is 8.25. The van der Waals surface area contributed by atoms with E-state index in [-0.39, 0.29) is 37.1 Å². The van der Waals surface area contributed by atoms with Crippen molar-refractivity contribution in [2.45, 2.75) is 113 Å². The van der Waals surface area contributed by atoms with E-state index < -0.39 is 80.2 Å². The summed E-state index contributed by atoms with van der Waals surface area (Å²) < 4.78 is 66.8. The van der Waals surface area contributed by atoms with Crippen molar-refractivity contribution in [2.24, 2.45) is 5.92 Å². The molecule has 2 aromatic heterocycles. The van der Waals surface area contributed by atoms with Gasteiger partial charge in [-0.05, 0) is 89.6 Å². The minimum absolute atomic E-state index is 0.0794. The highest BCUT2D eigenvalue weighted by molar-refractivity contribution is 7.91. The van der Waals surface area contributed by atoms with E-state index in [1.807, 2.05) is 12.2 Å². The lowest BCUT2D eigenvalue weighted by Crippen LogP contribution is -2.58. The number of fused-ring (bicyclic) bond motifs is 6. The number of hydrogen-bond acceptors (Lipinski definition) is 11. The maximum Gasteiger partial charge on any atom is 0.408 e. The average molecular weight is 834 g/mol. The predicted octanol–water partition coefficient (Wildman–Crippen LogP) is 5.53. The number of halogens is 1. The summed E-state index contributed by atoms with van der Waals surface area (Å²) in [6.07, 6.45) is 6.00. The van der Waals surface area contributed by atoms with Crippen molar-refractivity contribution in [1.82, 2.24) is 25.2 Å². The standard InChI is InChI=1S/C42H48FN5O10S/c1-41(2,3)58-40(52)45-31-11-9-7-5-6-8-10-23-21-42(23,39(51)47-59(53,54)27-14-15-27)46-37(49)32-19-26(22-48(32)38(31)50)56-35-29-18-24(43)12-17-30(29)44-34-28-16-13-25(55-4)20-33(28)57-36(34)35/h8,10,12-13,16-18,20,23,26-27,31-32H,5-7,9,11,14-15,19,21-22H2,1-4H3,(H,45,52)(H,46,49)(H,47,51)/b10-8-/t23-,26-,31+,32+,42-/m1/s1. The zero-order chi connectivity index (χ0) is 41.9. The number of nitrogens with one attached hydrogen (secondary N) is 3. The fraction of sp³-hybridized carbons (Fsp3) is 0.500. The SMILES string of the molecule is COc1ccc2c(c1)oc1c(O[C@@H]3C[C@H]4C(=O)N[C@]5(C(=O)NS(=O)(=O)C6CC6)C[C@H]5/C=C\CCCCC[C@H](NC(=O)OC(C)(C)C)C(=O)N4C3)c3cc(F)ccc3nc12. The van der Waals surface area contributed by atoms with E-state index in [1.165, 1.54) is 30.2 Å². The van der Waals surface area contributed by atoms with Gasteiger partial charge in [0.05, 0.1) is 24.4 Å². The Labute approximate surface area is 340 Å². The van der Waals surface area contributed by atoms with Crippen LogP contribution in [0.15, 0.2) is 53.0 Å². The molecule has 0 spiro atoms. The fourth-order valence-electron chi connectivity index (χ4n) is 8.07. The van der Waals surface area contributed by atoms with Crippen molar-refractivity contribution in [1.29, 1.82) is 0 Å². The number of alkyl carbamates (subject to hydrolysis) is 1. The van der Waals surface area contributed by atoms with E-state index in [1.54, 1.807) is 39.0 Å². The summed E-state index contributed by atoms with van der Waals surface area (Å²) >= 11 is 0. The van der Waals surface area contributed by atoms with Gasteiger partial charge in [0.2, 0.25) is 21.8 Å². The highest BCUT2D eigenvalue weighted by Crippen LogP contribution is 2.46. The summed E-state index contributed by atoms with van der Waals surface area (Å²) in [5.74, 6) is -2.44. The van der Waals surface area contributed by atoms with E-state index in [0.717, 1.165) is 12.8 Å². The van der Waals surface area contributed by atoms with Gasteiger partial charge in [-0.15, -0.1) is 0 Å². The Bertz CT molecular complexity index is 2500. The molecule has 4 aliphatic rings. The molecular formula is C42H48FN5O10S. The molecule has 59 heavy (non-hydrogen) atoms. The number of nitrogens with zero attached hydrogens (tertiary/aromatic N) is 2.